The first-order valence-electron chi connectivity index (χ1n) is 9.23. The summed E-state index contributed by atoms with van der Waals surface area (Å²) < 4.78 is 32.3. The second kappa shape index (κ2) is 9.03. The van der Waals surface area contributed by atoms with Gasteiger partial charge < -0.3 is 10.1 Å². The Labute approximate surface area is 165 Å². The number of nitrogens with one attached hydrogen (secondary N) is 1. The molecule has 2 aromatic carbocycles. The SMILES string of the molecule is COc1ccccc1/C=C/C(=O)Nc1cccc(S(=O)(=O)N2CCCCC2)c1. The van der Waals surface area contributed by atoms with E-state index in [0.29, 0.717) is 24.5 Å². The summed E-state index contributed by atoms with van der Waals surface area (Å²) >= 11 is 0. The van der Waals surface area contributed by atoms with E-state index >= 15 is 0 Å². The third-order valence-electron chi connectivity index (χ3n) is 4.61. The Balaban J connectivity index is 1.72. The standard InChI is InChI=1S/C21H24N2O4S/c1-27-20-11-4-3-8-17(20)12-13-21(24)22-18-9-7-10-19(16-18)28(25,26)23-14-5-2-6-15-23/h3-4,7-13,16H,2,5-6,14-15H2,1H3,(H,22,24)/b13-12+. The number of amides is 1. The Kier molecular flexibility index (Phi) is 6.49. The van der Waals surface area contributed by atoms with Crippen molar-refractivity contribution in [2.24, 2.45) is 0 Å². The van der Waals surface area contributed by atoms with E-state index in [1.807, 2.05) is 24.3 Å². The van der Waals surface area contributed by atoms with E-state index in [2.05, 4.69) is 5.32 Å². The molecular weight excluding hydrogens is 376 g/mol. The Morgan fingerprint density at radius 3 is 2.57 bits per heavy atom. The van der Waals surface area contributed by atoms with Crippen LogP contribution in [0.1, 0.15) is 24.8 Å². The lowest BCUT2D eigenvalue weighted by molar-refractivity contribution is -0.111. The van der Waals surface area contributed by atoms with Gasteiger partial charge in [0.25, 0.3) is 0 Å². The van der Waals surface area contributed by atoms with Crippen LogP contribution in [0.15, 0.2) is 59.5 Å². The van der Waals surface area contributed by atoms with E-state index < -0.39 is 10.0 Å². The normalized spacial score (nSPS) is 15.5. The van der Waals surface area contributed by atoms with Gasteiger partial charge in [-0.2, -0.15) is 4.31 Å². The van der Waals surface area contributed by atoms with Crippen molar-refractivity contribution < 1.29 is 17.9 Å². The minimum absolute atomic E-state index is 0.195. The van der Waals surface area contributed by atoms with Crippen molar-refractivity contribution in [3.05, 3.63) is 60.2 Å². The molecule has 0 aromatic heterocycles. The molecule has 0 radical (unpaired) electrons. The minimum atomic E-state index is -3.54. The first kappa shape index (κ1) is 20.1. The number of benzene rings is 2. The van der Waals surface area contributed by atoms with Crippen LogP contribution >= 0.6 is 0 Å². The summed E-state index contributed by atoms with van der Waals surface area (Å²) in [4.78, 5) is 12.4. The predicted molar refractivity (Wildman–Crippen MR) is 110 cm³/mol. The van der Waals surface area contributed by atoms with Gasteiger partial charge in [-0.1, -0.05) is 30.7 Å². The first-order chi connectivity index (χ1) is 13.5. The molecule has 0 atom stereocenters. The number of hydrogen-bond acceptors (Lipinski definition) is 4. The number of anilines is 1. The van der Waals surface area contributed by atoms with Gasteiger partial charge in [0.15, 0.2) is 0 Å². The maximum absolute atomic E-state index is 12.8. The van der Waals surface area contributed by atoms with Crippen LogP contribution in [0.25, 0.3) is 6.08 Å². The van der Waals surface area contributed by atoms with Gasteiger partial charge in [0.1, 0.15) is 5.75 Å². The number of ether oxygens (including phenoxy) is 1. The van der Waals surface area contributed by atoms with Crippen LogP contribution in [0.4, 0.5) is 5.69 Å². The van der Waals surface area contributed by atoms with Crippen molar-refractivity contribution in [2.75, 3.05) is 25.5 Å². The fourth-order valence-corrected chi connectivity index (χ4v) is 4.71. The van der Waals surface area contributed by atoms with Gasteiger partial charge in [0, 0.05) is 30.4 Å². The van der Waals surface area contributed by atoms with Gasteiger partial charge >= 0.3 is 0 Å². The van der Waals surface area contributed by atoms with Crippen molar-refractivity contribution in [3.63, 3.8) is 0 Å². The highest BCUT2D eigenvalue weighted by molar-refractivity contribution is 7.89. The molecule has 3 rings (SSSR count). The number of piperidine rings is 1. The largest absolute Gasteiger partial charge is 0.496 e. The van der Waals surface area contributed by atoms with Gasteiger partial charge in [-0.25, -0.2) is 8.42 Å². The molecule has 0 saturated carbocycles. The number of sulfonamides is 1. The molecule has 0 unspecified atom stereocenters. The van der Waals surface area contributed by atoms with E-state index in [4.69, 9.17) is 4.74 Å². The second-order valence-corrected chi connectivity index (χ2v) is 8.50. The summed E-state index contributed by atoms with van der Waals surface area (Å²) in [5.74, 6) is 0.319. The molecule has 2 aromatic rings. The molecule has 1 amide bonds. The van der Waals surface area contributed by atoms with Crippen LogP contribution < -0.4 is 10.1 Å². The fourth-order valence-electron chi connectivity index (χ4n) is 3.14. The van der Waals surface area contributed by atoms with Gasteiger partial charge in [0.05, 0.1) is 12.0 Å². The minimum Gasteiger partial charge on any atom is -0.496 e. The van der Waals surface area contributed by atoms with Crippen LogP contribution in [0.5, 0.6) is 5.75 Å². The molecule has 1 saturated heterocycles. The number of para-hydroxylation sites is 1. The number of hydrogen-bond donors (Lipinski definition) is 1. The van der Waals surface area contributed by atoms with E-state index in [-0.39, 0.29) is 10.8 Å². The van der Waals surface area contributed by atoms with Crippen molar-refractivity contribution >= 4 is 27.7 Å². The lowest BCUT2D eigenvalue weighted by Crippen LogP contribution is -2.35. The molecule has 28 heavy (non-hydrogen) atoms. The molecule has 0 aliphatic carbocycles. The molecule has 148 valence electrons. The third-order valence-corrected chi connectivity index (χ3v) is 6.50. The smallest absolute Gasteiger partial charge is 0.248 e. The number of methoxy groups -OCH3 is 1. The summed E-state index contributed by atoms with van der Waals surface area (Å²) in [6.45, 7) is 1.08. The predicted octanol–water partition coefficient (Wildman–Crippen LogP) is 3.52. The van der Waals surface area contributed by atoms with Crippen LogP contribution in [-0.4, -0.2) is 38.8 Å². The summed E-state index contributed by atoms with van der Waals surface area (Å²) in [6, 6.07) is 13.7. The zero-order valence-corrected chi connectivity index (χ0v) is 16.6. The van der Waals surface area contributed by atoms with Crippen molar-refractivity contribution in [1.82, 2.24) is 4.31 Å². The van der Waals surface area contributed by atoms with E-state index in [1.165, 1.54) is 16.4 Å². The summed E-state index contributed by atoms with van der Waals surface area (Å²) in [6.07, 6.45) is 5.86. The van der Waals surface area contributed by atoms with Crippen molar-refractivity contribution in [1.29, 1.82) is 0 Å². The molecule has 1 aliphatic heterocycles. The Morgan fingerprint density at radius 1 is 1.07 bits per heavy atom. The van der Waals surface area contributed by atoms with E-state index in [9.17, 15) is 13.2 Å². The van der Waals surface area contributed by atoms with Gasteiger partial charge in [-0.15, -0.1) is 0 Å². The molecule has 1 heterocycles. The Hall–Kier alpha value is -2.64. The van der Waals surface area contributed by atoms with E-state index in [1.54, 1.807) is 31.4 Å². The number of carbonyl (C=O) groups excluding carboxylic acids is 1. The van der Waals surface area contributed by atoms with Gasteiger partial charge in [0.2, 0.25) is 15.9 Å². The Morgan fingerprint density at radius 2 is 1.82 bits per heavy atom. The number of rotatable bonds is 6. The summed E-state index contributed by atoms with van der Waals surface area (Å²) in [5, 5.41) is 2.72. The summed E-state index contributed by atoms with van der Waals surface area (Å²) in [7, 11) is -1.97. The molecule has 0 spiro atoms. The van der Waals surface area contributed by atoms with Crippen LogP contribution in [0.3, 0.4) is 0 Å². The number of nitrogens with zero attached hydrogens (tertiary/aromatic N) is 1. The zero-order chi connectivity index (χ0) is 20.0. The second-order valence-electron chi connectivity index (χ2n) is 6.56. The highest BCUT2D eigenvalue weighted by Gasteiger charge is 2.26. The van der Waals surface area contributed by atoms with E-state index in [0.717, 1.165) is 24.8 Å². The van der Waals surface area contributed by atoms with Crippen LogP contribution in [0, 0.1) is 0 Å². The maximum Gasteiger partial charge on any atom is 0.248 e. The zero-order valence-electron chi connectivity index (χ0n) is 15.8. The molecule has 1 aliphatic rings. The molecule has 7 heteroatoms. The average Bonchev–Trinajstić information content (AvgIpc) is 2.73. The highest BCUT2D eigenvalue weighted by Crippen LogP contribution is 2.23. The van der Waals surface area contributed by atoms with Crippen LogP contribution in [-0.2, 0) is 14.8 Å². The molecule has 1 fully saturated rings. The average molecular weight is 401 g/mol. The van der Waals surface area contributed by atoms with Crippen molar-refractivity contribution in [2.45, 2.75) is 24.2 Å². The third kappa shape index (κ3) is 4.79. The fraction of sp³-hybridized carbons (Fsp3) is 0.286. The molecular formula is C21H24N2O4S. The quantitative estimate of drug-likeness (QED) is 0.753. The lowest BCUT2D eigenvalue weighted by atomic mass is 10.2. The monoisotopic (exact) mass is 400 g/mol. The van der Waals surface area contributed by atoms with Crippen LogP contribution in [0.2, 0.25) is 0 Å². The Bertz CT molecular complexity index is 964. The van der Waals surface area contributed by atoms with Gasteiger partial charge in [-0.3, -0.25) is 4.79 Å². The molecule has 0 bridgehead atoms. The maximum atomic E-state index is 12.8. The molecule has 1 N–H and O–H groups in total. The lowest BCUT2D eigenvalue weighted by Gasteiger charge is -2.26. The van der Waals surface area contributed by atoms with Gasteiger partial charge in [-0.05, 0) is 43.2 Å². The van der Waals surface area contributed by atoms with Crippen molar-refractivity contribution in [3.8, 4) is 5.75 Å². The molecule has 6 nitrogen and oxygen atoms in total. The highest BCUT2D eigenvalue weighted by atomic mass is 32.2. The number of carbonyl (C=O) groups is 1. The summed E-state index contributed by atoms with van der Waals surface area (Å²) in [5.41, 5.74) is 1.22. The topological polar surface area (TPSA) is 75.7 Å². The first-order valence-corrected chi connectivity index (χ1v) is 10.7.